The summed E-state index contributed by atoms with van der Waals surface area (Å²) in [7, 11) is -1.45. The molecule has 8 nitrogen and oxygen atoms in total. The van der Waals surface area contributed by atoms with Gasteiger partial charge >= 0.3 is 0 Å². The molecule has 0 spiro atoms. The second-order valence-corrected chi connectivity index (χ2v) is 12.3. The molecule has 1 atom stereocenters. The largest absolute Gasteiger partial charge is 0.356 e. The Hall–Kier alpha value is -3.36. The predicted molar refractivity (Wildman–Crippen MR) is 148 cm³/mol. The number of rotatable bonds is 6. The van der Waals surface area contributed by atoms with E-state index in [4.69, 9.17) is 0 Å². The number of halogens is 2. The second-order valence-electron chi connectivity index (χ2n) is 10.0. The molecule has 11 heteroatoms. The van der Waals surface area contributed by atoms with Crippen molar-refractivity contribution in [2.45, 2.75) is 49.8 Å². The van der Waals surface area contributed by atoms with Gasteiger partial charge in [-0.25, -0.2) is 18.0 Å². The van der Waals surface area contributed by atoms with Gasteiger partial charge < -0.3 is 15.5 Å². The van der Waals surface area contributed by atoms with Gasteiger partial charge in [0.05, 0.1) is 21.8 Å². The first-order valence-corrected chi connectivity index (χ1v) is 14.9. The summed E-state index contributed by atoms with van der Waals surface area (Å²) in [6.45, 7) is 2.16. The lowest BCUT2D eigenvalue weighted by molar-refractivity contribution is -0.116. The maximum Gasteiger partial charge on any atom is 0.267 e. The van der Waals surface area contributed by atoms with Crippen LogP contribution in [0.1, 0.15) is 53.6 Å². The van der Waals surface area contributed by atoms with E-state index in [-0.39, 0.29) is 37.9 Å². The molecule has 1 aromatic heterocycles. The zero-order chi connectivity index (χ0) is 28.2. The minimum atomic E-state index is -3.05. The van der Waals surface area contributed by atoms with E-state index in [1.165, 1.54) is 12.3 Å². The summed E-state index contributed by atoms with van der Waals surface area (Å²) < 4.78 is 45.1. The van der Waals surface area contributed by atoms with Crippen LogP contribution < -0.4 is 15.5 Å². The Kier molecular flexibility index (Phi) is 8.67. The van der Waals surface area contributed by atoms with Gasteiger partial charge in [-0.1, -0.05) is 17.9 Å². The van der Waals surface area contributed by atoms with Crippen molar-refractivity contribution in [2.75, 3.05) is 43.2 Å². The molecule has 1 aromatic carbocycles. The third-order valence-corrected chi connectivity index (χ3v) is 8.37. The number of alkyl halides is 2. The van der Waals surface area contributed by atoms with Gasteiger partial charge in [0.25, 0.3) is 11.8 Å². The normalized spacial score (nSPS) is 18.2. The molecule has 1 saturated carbocycles. The van der Waals surface area contributed by atoms with Crippen molar-refractivity contribution in [3.8, 4) is 11.8 Å². The number of aromatic nitrogens is 1. The molecule has 1 aliphatic carbocycles. The summed E-state index contributed by atoms with van der Waals surface area (Å²) in [6, 6.07) is 6.35. The summed E-state index contributed by atoms with van der Waals surface area (Å²) >= 11 is 0. The first-order chi connectivity index (χ1) is 18.5. The van der Waals surface area contributed by atoms with E-state index >= 15 is 0 Å². The summed E-state index contributed by atoms with van der Waals surface area (Å²) in [6.07, 6.45) is 4.83. The lowest BCUT2D eigenvalue weighted by Gasteiger charge is -2.25. The van der Waals surface area contributed by atoms with Gasteiger partial charge in [-0.2, -0.15) is 4.36 Å². The Morgan fingerprint density at radius 1 is 1.26 bits per heavy atom. The van der Waals surface area contributed by atoms with Crippen LogP contribution in [0.3, 0.4) is 0 Å². The zero-order valence-electron chi connectivity index (χ0n) is 22.4. The van der Waals surface area contributed by atoms with E-state index < -0.39 is 27.5 Å². The molecule has 4 rings (SSSR count). The minimum Gasteiger partial charge on any atom is -0.356 e. The molecule has 1 aliphatic heterocycles. The SMILES string of the molecule is CNCC(=O)N=[S@](C)(=O)c1cccc(NC(=O)c2c(N3CCCC(F)(F)CC3)ncc(C#CC3CC3)c2C)c1. The zero-order valence-corrected chi connectivity index (χ0v) is 23.2. The van der Waals surface area contributed by atoms with E-state index in [9.17, 15) is 22.6 Å². The van der Waals surface area contributed by atoms with E-state index in [0.717, 1.165) is 12.8 Å². The van der Waals surface area contributed by atoms with Crippen molar-refractivity contribution in [3.63, 3.8) is 0 Å². The van der Waals surface area contributed by atoms with Crippen LogP contribution in [0.5, 0.6) is 0 Å². The number of hydrogen-bond donors (Lipinski definition) is 2. The molecule has 2 N–H and O–H groups in total. The van der Waals surface area contributed by atoms with Gasteiger partial charge in [-0.15, -0.1) is 0 Å². The Morgan fingerprint density at radius 2 is 2.03 bits per heavy atom. The molecule has 2 heterocycles. The van der Waals surface area contributed by atoms with Crippen LogP contribution in [-0.4, -0.2) is 59.9 Å². The highest BCUT2D eigenvalue weighted by atomic mass is 32.2. The number of carbonyl (C=O) groups is 2. The summed E-state index contributed by atoms with van der Waals surface area (Å²) in [4.78, 5) is 32.2. The van der Waals surface area contributed by atoms with Crippen LogP contribution >= 0.6 is 0 Å². The monoisotopic (exact) mass is 557 g/mol. The minimum absolute atomic E-state index is 0.0429. The number of nitrogens with zero attached hydrogens (tertiary/aromatic N) is 3. The number of nitrogens with one attached hydrogen (secondary N) is 2. The number of benzene rings is 1. The summed E-state index contributed by atoms with van der Waals surface area (Å²) in [5.74, 6) is 3.23. The lowest BCUT2D eigenvalue weighted by atomic mass is 10.0. The van der Waals surface area contributed by atoms with Crippen molar-refractivity contribution in [1.82, 2.24) is 10.3 Å². The third-order valence-electron chi connectivity index (χ3n) is 6.68. The molecule has 2 amide bonds. The van der Waals surface area contributed by atoms with E-state index in [1.54, 1.807) is 43.3 Å². The van der Waals surface area contributed by atoms with Gasteiger partial charge in [0.15, 0.2) is 0 Å². The average molecular weight is 558 g/mol. The van der Waals surface area contributed by atoms with Crippen molar-refractivity contribution < 1.29 is 22.6 Å². The van der Waals surface area contributed by atoms with Gasteiger partial charge in [-0.05, 0) is 57.0 Å². The average Bonchev–Trinajstić information content (AvgIpc) is 3.71. The maximum atomic E-state index is 14.1. The van der Waals surface area contributed by atoms with E-state index in [2.05, 4.69) is 31.8 Å². The second kappa shape index (κ2) is 11.8. The predicted octanol–water partition coefficient (Wildman–Crippen LogP) is 4.23. The third kappa shape index (κ3) is 7.40. The van der Waals surface area contributed by atoms with E-state index in [0.29, 0.717) is 40.0 Å². The van der Waals surface area contributed by atoms with E-state index in [1.807, 2.05) is 0 Å². The van der Waals surface area contributed by atoms with Crippen molar-refractivity contribution in [3.05, 3.63) is 47.2 Å². The van der Waals surface area contributed by atoms with Crippen molar-refractivity contribution in [1.29, 1.82) is 0 Å². The highest BCUT2D eigenvalue weighted by Gasteiger charge is 2.33. The molecule has 0 unspecified atom stereocenters. The highest BCUT2D eigenvalue weighted by Crippen LogP contribution is 2.33. The molecular formula is C28H33F2N5O3S. The molecule has 2 aliphatic rings. The van der Waals surface area contributed by atoms with Crippen LogP contribution in [0.4, 0.5) is 20.3 Å². The van der Waals surface area contributed by atoms with Crippen LogP contribution in [0.2, 0.25) is 0 Å². The number of amides is 2. The number of pyridine rings is 1. The Balaban J connectivity index is 1.68. The topological polar surface area (TPSA) is 104 Å². The molecule has 0 radical (unpaired) electrons. The molecule has 0 bridgehead atoms. The van der Waals surface area contributed by atoms with Gasteiger partial charge in [-0.3, -0.25) is 9.59 Å². The van der Waals surface area contributed by atoms with Crippen molar-refractivity contribution >= 4 is 33.0 Å². The number of carbonyl (C=O) groups excluding carboxylic acids is 2. The first-order valence-electron chi connectivity index (χ1n) is 12.9. The van der Waals surface area contributed by atoms with Gasteiger partial charge in [0.1, 0.15) is 5.82 Å². The summed E-state index contributed by atoms with van der Waals surface area (Å²) in [5.41, 5.74) is 1.85. The van der Waals surface area contributed by atoms with Gasteiger partial charge in [0, 0.05) is 60.4 Å². The first kappa shape index (κ1) is 28.6. The molecule has 2 aromatic rings. The van der Waals surface area contributed by atoms with Crippen LogP contribution in [0.25, 0.3) is 0 Å². The quantitative estimate of drug-likeness (QED) is 0.516. The van der Waals surface area contributed by atoms with Gasteiger partial charge in [0.2, 0.25) is 5.92 Å². The molecule has 1 saturated heterocycles. The van der Waals surface area contributed by atoms with Crippen LogP contribution in [0, 0.1) is 24.7 Å². The van der Waals surface area contributed by atoms with Crippen molar-refractivity contribution in [2.24, 2.45) is 10.3 Å². The number of anilines is 2. The number of hydrogen-bond acceptors (Lipinski definition) is 6. The smallest absolute Gasteiger partial charge is 0.267 e. The molecule has 2 fully saturated rings. The summed E-state index contributed by atoms with van der Waals surface area (Å²) in [5, 5.41) is 5.52. The van der Waals surface area contributed by atoms with Crippen LogP contribution in [-0.2, 0) is 14.5 Å². The Labute approximate surface area is 228 Å². The maximum absolute atomic E-state index is 14.1. The van der Waals surface area contributed by atoms with Crippen LogP contribution in [0.15, 0.2) is 39.7 Å². The fraction of sp³-hybridized carbons (Fsp3) is 0.464. The fourth-order valence-electron chi connectivity index (χ4n) is 4.34. The Bertz CT molecular complexity index is 1450. The fourth-order valence-corrected chi connectivity index (χ4v) is 5.58. The standard InChI is InChI=1S/C28H33F2N5O3S/c1-19-21(11-10-20-8-9-20)17-32-26(35-14-5-12-28(29,30)13-15-35)25(19)27(37)33-22-6-4-7-23(16-22)39(3,38)34-24(36)18-31-2/h4,6-7,16-17,20,31H,5,8-9,12-15,18H2,1-3H3,(H,33,37)/t39-/m1/s1. The molecule has 208 valence electrons. The molecular weight excluding hydrogens is 524 g/mol. The molecule has 39 heavy (non-hydrogen) atoms. The highest BCUT2D eigenvalue weighted by molar-refractivity contribution is 7.93. The Morgan fingerprint density at radius 3 is 2.74 bits per heavy atom. The lowest BCUT2D eigenvalue weighted by Crippen LogP contribution is -2.30. The number of likely N-dealkylation sites (N-methyl/N-ethyl adjacent to an activating group) is 1.